The van der Waals surface area contributed by atoms with E-state index < -0.39 is 0 Å². The zero-order valence-corrected chi connectivity index (χ0v) is 8.43. The molecule has 0 aromatic carbocycles. The Hall–Kier alpha value is 0.200. The third kappa shape index (κ3) is 2.07. The molecule has 0 radical (unpaired) electrons. The van der Waals surface area contributed by atoms with Gasteiger partial charge in [-0.25, -0.2) is 0 Å². The fourth-order valence-corrected chi connectivity index (χ4v) is 2.52. The minimum absolute atomic E-state index is 0.234. The van der Waals surface area contributed by atoms with Gasteiger partial charge in [0.25, 0.3) is 0 Å². The van der Waals surface area contributed by atoms with Crippen molar-refractivity contribution in [2.45, 2.75) is 11.9 Å². The summed E-state index contributed by atoms with van der Waals surface area (Å²) in [5.41, 5.74) is 0.234. The molecule has 0 spiro atoms. The monoisotopic (exact) mass is 191 g/mol. The molecule has 4 heteroatoms. The normalized spacial score (nSPS) is 26.7. The van der Waals surface area contributed by atoms with Crippen LogP contribution in [0.25, 0.3) is 0 Å². The van der Waals surface area contributed by atoms with E-state index in [1.807, 2.05) is 0 Å². The summed E-state index contributed by atoms with van der Waals surface area (Å²) in [4.78, 5) is 0.964. The van der Waals surface area contributed by atoms with E-state index in [0.29, 0.717) is 5.92 Å². The highest BCUT2D eigenvalue weighted by Crippen LogP contribution is 2.24. The average molecular weight is 191 g/mol. The molecule has 0 aliphatic carbocycles. The molecule has 0 amide bonds. The van der Waals surface area contributed by atoms with Gasteiger partial charge in [0.1, 0.15) is 5.44 Å². The van der Waals surface area contributed by atoms with Crippen LogP contribution in [0.15, 0.2) is 0 Å². The van der Waals surface area contributed by atoms with Crippen molar-refractivity contribution >= 4 is 29.0 Å². The van der Waals surface area contributed by atoms with Crippen LogP contribution in [-0.4, -0.2) is 30.3 Å². The summed E-state index contributed by atoms with van der Waals surface area (Å²) in [6.07, 6.45) is 3.16. The van der Waals surface area contributed by atoms with E-state index in [1.165, 1.54) is 0 Å². The zero-order chi connectivity index (χ0) is 8.27. The fraction of sp³-hybridized carbons (Fsp3) is 0.857. The lowest BCUT2D eigenvalue weighted by Crippen LogP contribution is -2.26. The highest BCUT2D eigenvalue weighted by atomic mass is 32.2. The lowest BCUT2D eigenvalue weighted by molar-refractivity contribution is 0.148. The van der Waals surface area contributed by atoms with Gasteiger partial charge in [-0.1, -0.05) is 12.2 Å². The lowest BCUT2D eigenvalue weighted by Gasteiger charge is -2.18. The topological polar surface area (TPSA) is 21.3 Å². The van der Waals surface area contributed by atoms with Gasteiger partial charge in [-0.15, -0.1) is 11.8 Å². The van der Waals surface area contributed by atoms with E-state index in [4.69, 9.17) is 17.0 Å². The van der Waals surface area contributed by atoms with Crippen molar-refractivity contribution in [3.8, 4) is 0 Å². The predicted molar refractivity (Wildman–Crippen MR) is 53.0 cm³/mol. The minimum atomic E-state index is 0.234. The Morgan fingerprint density at radius 2 is 2.55 bits per heavy atom. The molecule has 1 rings (SSSR count). The summed E-state index contributed by atoms with van der Waals surface area (Å²) in [7, 11) is 1.74. The van der Waals surface area contributed by atoms with Gasteiger partial charge in [-0.3, -0.25) is 0 Å². The molecule has 1 aliphatic heterocycles. The summed E-state index contributed by atoms with van der Waals surface area (Å²) in [5, 5.41) is 3.16. The van der Waals surface area contributed by atoms with Gasteiger partial charge in [-0.05, 0) is 12.7 Å². The molecule has 2 atom stereocenters. The SMILES string of the molecule is COC(SC)C1CCNC1=S. The Bertz CT molecular complexity index is 147. The van der Waals surface area contributed by atoms with Crippen molar-refractivity contribution in [3.05, 3.63) is 0 Å². The van der Waals surface area contributed by atoms with Crippen LogP contribution in [-0.2, 0) is 4.74 Å². The molecule has 1 N–H and O–H groups in total. The first-order valence-corrected chi connectivity index (χ1v) is 5.32. The van der Waals surface area contributed by atoms with Crippen molar-refractivity contribution in [1.82, 2.24) is 5.32 Å². The van der Waals surface area contributed by atoms with Crippen LogP contribution in [0.4, 0.5) is 0 Å². The highest BCUT2D eigenvalue weighted by Gasteiger charge is 2.28. The van der Waals surface area contributed by atoms with Gasteiger partial charge in [0, 0.05) is 19.6 Å². The molecule has 1 saturated heterocycles. The average Bonchev–Trinajstić information content (AvgIpc) is 2.40. The van der Waals surface area contributed by atoms with Crippen LogP contribution < -0.4 is 5.32 Å². The zero-order valence-electron chi connectivity index (χ0n) is 6.79. The number of thioether (sulfide) groups is 1. The predicted octanol–water partition coefficient (Wildman–Crippen LogP) is 1.26. The van der Waals surface area contributed by atoms with E-state index in [1.54, 1.807) is 18.9 Å². The van der Waals surface area contributed by atoms with Gasteiger partial charge in [0.15, 0.2) is 0 Å². The lowest BCUT2D eigenvalue weighted by atomic mass is 10.1. The van der Waals surface area contributed by atoms with E-state index in [-0.39, 0.29) is 5.44 Å². The van der Waals surface area contributed by atoms with Crippen LogP contribution in [0, 0.1) is 5.92 Å². The Kier molecular flexibility index (Phi) is 3.62. The number of nitrogens with one attached hydrogen (secondary N) is 1. The van der Waals surface area contributed by atoms with Crippen LogP contribution >= 0.6 is 24.0 Å². The summed E-state index contributed by atoms with van der Waals surface area (Å²) in [6.45, 7) is 1.00. The smallest absolute Gasteiger partial charge is 0.111 e. The number of hydrogen-bond acceptors (Lipinski definition) is 3. The second kappa shape index (κ2) is 4.28. The molecule has 0 bridgehead atoms. The molecule has 0 aromatic rings. The maximum atomic E-state index is 5.29. The largest absolute Gasteiger partial charge is 0.379 e. The minimum Gasteiger partial charge on any atom is -0.379 e. The van der Waals surface area contributed by atoms with Gasteiger partial charge in [0.2, 0.25) is 0 Å². The van der Waals surface area contributed by atoms with Crippen molar-refractivity contribution in [2.24, 2.45) is 5.92 Å². The third-order valence-corrected chi connectivity index (χ3v) is 3.32. The number of ether oxygens (including phenoxy) is 1. The molecule has 0 aromatic heterocycles. The molecule has 64 valence electrons. The maximum Gasteiger partial charge on any atom is 0.111 e. The second-order valence-electron chi connectivity index (χ2n) is 2.53. The number of methoxy groups -OCH3 is 1. The van der Waals surface area contributed by atoms with Crippen LogP contribution in [0.5, 0.6) is 0 Å². The van der Waals surface area contributed by atoms with E-state index in [0.717, 1.165) is 18.0 Å². The Labute approximate surface area is 77.1 Å². The molecule has 0 saturated carbocycles. The van der Waals surface area contributed by atoms with E-state index in [9.17, 15) is 0 Å². The van der Waals surface area contributed by atoms with E-state index in [2.05, 4.69) is 11.6 Å². The Morgan fingerprint density at radius 1 is 1.82 bits per heavy atom. The molecule has 11 heavy (non-hydrogen) atoms. The summed E-state index contributed by atoms with van der Waals surface area (Å²) < 4.78 is 5.29. The van der Waals surface area contributed by atoms with Crippen LogP contribution in [0.1, 0.15) is 6.42 Å². The Balaban J connectivity index is 2.49. The summed E-state index contributed by atoms with van der Waals surface area (Å²) >= 11 is 6.87. The quantitative estimate of drug-likeness (QED) is 0.535. The molecule has 1 fully saturated rings. The van der Waals surface area contributed by atoms with Crippen LogP contribution in [0.2, 0.25) is 0 Å². The molecule has 2 unspecified atom stereocenters. The molecule has 1 aliphatic rings. The fourth-order valence-electron chi connectivity index (χ4n) is 1.30. The van der Waals surface area contributed by atoms with Crippen LogP contribution in [0.3, 0.4) is 0 Å². The summed E-state index contributed by atoms with van der Waals surface area (Å²) in [5.74, 6) is 0.421. The summed E-state index contributed by atoms with van der Waals surface area (Å²) in [6, 6.07) is 0. The van der Waals surface area contributed by atoms with Crippen molar-refractivity contribution in [3.63, 3.8) is 0 Å². The number of hydrogen-bond donors (Lipinski definition) is 1. The maximum absolute atomic E-state index is 5.29. The number of rotatable bonds is 3. The standard InChI is InChI=1S/C7H13NOS2/c1-9-7(11-2)5-3-4-8-6(5)10/h5,7H,3-4H2,1-2H3,(H,8,10). The molecular weight excluding hydrogens is 178 g/mol. The van der Waals surface area contributed by atoms with Gasteiger partial charge in [-0.2, -0.15) is 0 Å². The molecular formula is C7H13NOS2. The van der Waals surface area contributed by atoms with Gasteiger partial charge >= 0.3 is 0 Å². The van der Waals surface area contributed by atoms with Gasteiger partial charge < -0.3 is 10.1 Å². The van der Waals surface area contributed by atoms with E-state index >= 15 is 0 Å². The van der Waals surface area contributed by atoms with Crippen molar-refractivity contribution < 1.29 is 4.74 Å². The van der Waals surface area contributed by atoms with Crippen molar-refractivity contribution in [1.29, 1.82) is 0 Å². The first-order valence-electron chi connectivity index (χ1n) is 3.63. The molecule has 2 nitrogen and oxygen atoms in total. The highest BCUT2D eigenvalue weighted by molar-refractivity contribution is 7.99. The first-order chi connectivity index (χ1) is 5.29. The van der Waals surface area contributed by atoms with Crippen molar-refractivity contribution in [2.75, 3.05) is 19.9 Å². The third-order valence-electron chi connectivity index (χ3n) is 1.88. The Morgan fingerprint density at radius 3 is 2.91 bits per heavy atom. The second-order valence-corrected chi connectivity index (χ2v) is 3.90. The van der Waals surface area contributed by atoms with Gasteiger partial charge in [0.05, 0.1) is 4.99 Å². The first kappa shape index (κ1) is 9.29. The number of thiocarbonyl (C=S) groups is 1. The molecule has 1 heterocycles.